The molecule has 3 aromatic rings. The number of rotatable bonds is 4. The number of aliphatic hydroxyl groups is 1. The zero-order valence-corrected chi connectivity index (χ0v) is 16.7. The van der Waals surface area contributed by atoms with Crippen LogP contribution in [0.15, 0.2) is 36.4 Å². The molecule has 1 aromatic carbocycles. The van der Waals surface area contributed by atoms with Gasteiger partial charge in [-0.25, -0.2) is 4.68 Å². The molecule has 1 aliphatic heterocycles. The van der Waals surface area contributed by atoms with Crippen LogP contribution in [0.25, 0.3) is 5.69 Å². The van der Waals surface area contributed by atoms with Crippen molar-refractivity contribution >= 4 is 5.91 Å². The predicted molar refractivity (Wildman–Crippen MR) is 108 cm³/mol. The Morgan fingerprint density at radius 2 is 1.86 bits per heavy atom. The van der Waals surface area contributed by atoms with E-state index in [4.69, 9.17) is 0 Å². The van der Waals surface area contributed by atoms with E-state index < -0.39 is 6.10 Å². The molecule has 1 atom stereocenters. The van der Waals surface area contributed by atoms with Gasteiger partial charge in [0.25, 0.3) is 5.91 Å². The SMILES string of the molecule is Cc1cc(C)n(-c2ccc(C(=O)N3CCn4nc(C(O)C5CC5)cc4C3)cc2)n1. The molecule has 1 fully saturated rings. The van der Waals surface area contributed by atoms with Crippen LogP contribution in [0.1, 0.15) is 52.1 Å². The number of aromatic nitrogens is 4. The van der Waals surface area contributed by atoms with E-state index in [1.807, 2.05) is 64.5 Å². The zero-order chi connectivity index (χ0) is 20.1. The summed E-state index contributed by atoms with van der Waals surface area (Å²) in [5.41, 5.74) is 5.38. The molecule has 0 spiro atoms. The predicted octanol–water partition coefficient (Wildman–Crippen LogP) is 2.79. The monoisotopic (exact) mass is 391 g/mol. The molecule has 1 aliphatic carbocycles. The summed E-state index contributed by atoms with van der Waals surface area (Å²) in [4.78, 5) is 14.9. The van der Waals surface area contributed by atoms with Crippen molar-refractivity contribution in [2.24, 2.45) is 5.92 Å². The molecule has 0 radical (unpaired) electrons. The third kappa shape index (κ3) is 3.35. The van der Waals surface area contributed by atoms with Crippen molar-refractivity contribution in [3.63, 3.8) is 0 Å². The van der Waals surface area contributed by atoms with Crippen LogP contribution < -0.4 is 0 Å². The Bertz CT molecular complexity index is 1060. The normalized spacial score (nSPS) is 17.3. The fourth-order valence-corrected chi connectivity index (χ4v) is 4.08. The second kappa shape index (κ2) is 6.84. The quantitative estimate of drug-likeness (QED) is 0.742. The molecule has 1 unspecified atom stereocenters. The topological polar surface area (TPSA) is 76.2 Å². The molecular weight excluding hydrogens is 366 g/mol. The summed E-state index contributed by atoms with van der Waals surface area (Å²) in [6.45, 7) is 5.78. The van der Waals surface area contributed by atoms with Crippen molar-refractivity contribution in [3.8, 4) is 5.69 Å². The van der Waals surface area contributed by atoms with Crippen LogP contribution >= 0.6 is 0 Å². The average Bonchev–Trinajstić information content (AvgIpc) is 3.40. The minimum Gasteiger partial charge on any atom is -0.386 e. The number of aryl methyl sites for hydroxylation is 2. The fourth-order valence-electron chi connectivity index (χ4n) is 4.08. The van der Waals surface area contributed by atoms with E-state index in [0.29, 0.717) is 31.1 Å². The van der Waals surface area contributed by atoms with Crippen LogP contribution in [0, 0.1) is 19.8 Å². The number of amides is 1. The highest BCUT2D eigenvalue weighted by atomic mass is 16.3. The van der Waals surface area contributed by atoms with Crippen LogP contribution in [0.4, 0.5) is 0 Å². The van der Waals surface area contributed by atoms with Gasteiger partial charge in [-0.15, -0.1) is 0 Å². The van der Waals surface area contributed by atoms with Crippen molar-refractivity contribution in [3.05, 3.63) is 64.7 Å². The second-order valence-corrected chi connectivity index (χ2v) is 8.18. The molecule has 3 heterocycles. The minimum absolute atomic E-state index is 0.0154. The minimum atomic E-state index is -0.473. The lowest BCUT2D eigenvalue weighted by Gasteiger charge is -2.27. The molecule has 1 N–H and O–H groups in total. The summed E-state index contributed by atoms with van der Waals surface area (Å²) in [5, 5.41) is 19.4. The highest BCUT2D eigenvalue weighted by Gasteiger charge is 2.33. The molecule has 1 amide bonds. The van der Waals surface area contributed by atoms with Crippen molar-refractivity contribution in [2.45, 2.75) is 45.9 Å². The number of benzene rings is 1. The van der Waals surface area contributed by atoms with Gasteiger partial charge in [0.1, 0.15) is 6.10 Å². The lowest BCUT2D eigenvalue weighted by Crippen LogP contribution is -2.38. The van der Waals surface area contributed by atoms with E-state index in [0.717, 1.165) is 41.3 Å². The number of fused-ring (bicyclic) bond motifs is 1. The maximum atomic E-state index is 13.0. The van der Waals surface area contributed by atoms with Gasteiger partial charge in [0, 0.05) is 17.8 Å². The highest BCUT2D eigenvalue weighted by Crippen LogP contribution is 2.40. The number of aliphatic hydroxyl groups excluding tert-OH is 1. The van der Waals surface area contributed by atoms with Crippen LogP contribution in [0.3, 0.4) is 0 Å². The maximum absolute atomic E-state index is 13.0. The van der Waals surface area contributed by atoms with Crippen LogP contribution in [-0.4, -0.2) is 42.0 Å². The zero-order valence-electron chi connectivity index (χ0n) is 16.7. The standard InChI is InChI=1S/C22H25N5O2/c1-14-11-15(2)27(23-14)18-7-5-17(6-8-18)22(29)25-9-10-26-19(13-25)12-20(24-26)21(28)16-3-4-16/h5-8,11-12,16,21,28H,3-4,9-10,13H2,1-2H3. The van der Waals surface area contributed by atoms with Gasteiger partial charge in [0.2, 0.25) is 0 Å². The van der Waals surface area contributed by atoms with E-state index >= 15 is 0 Å². The molecule has 7 heteroatoms. The van der Waals surface area contributed by atoms with Gasteiger partial charge < -0.3 is 10.0 Å². The first-order chi connectivity index (χ1) is 14.0. The third-order valence-electron chi connectivity index (χ3n) is 5.84. The lowest BCUT2D eigenvalue weighted by atomic mass is 10.1. The van der Waals surface area contributed by atoms with Gasteiger partial charge in [-0.3, -0.25) is 9.48 Å². The highest BCUT2D eigenvalue weighted by molar-refractivity contribution is 5.94. The number of carbonyl (C=O) groups is 1. The molecule has 7 nitrogen and oxygen atoms in total. The summed E-state index contributed by atoms with van der Waals surface area (Å²) in [6.07, 6.45) is 1.67. The summed E-state index contributed by atoms with van der Waals surface area (Å²) in [6, 6.07) is 11.6. The molecule has 29 heavy (non-hydrogen) atoms. The lowest BCUT2D eigenvalue weighted by molar-refractivity contribution is 0.0705. The van der Waals surface area contributed by atoms with Gasteiger partial charge in [0.15, 0.2) is 0 Å². The summed E-state index contributed by atoms with van der Waals surface area (Å²) >= 11 is 0. The molecule has 5 rings (SSSR count). The van der Waals surface area contributed by atoms with Gasteiger partial charge in [-0.2, -0.15) is 10.2 Å². The van der Waals surface area contributed by atoms with E-state index in [-0.39, 0.29) is 5.91 Å². The van der Waals surface area contributed by atoms with Gasteiger partial charge in [0.05, 0.1) is 35.9 Å². The molecule has 1 saturated carbocycles. The second-order valence-electron chi connectivity index (χ2n) is 8.18. The van der Waals surface area contributed by atoms with Crippen LogP contribution in [0.2, 0.25) is 0 Å². The molecule has 150 valence electrons. The van der Waals surface area contributed by atoms with Gasteiger partial charge in [-0.05, 0) is 69.0 Å². The first-order valence-electron chi connectivity index (χ1n) is 10.2. The Kier molecular flexibility index (Phi) is 4.28. The molecule has 2 aromatic heterocycles. The Labute approximate surface area is 169 Å². The first-order valence-corrected chi connectivity index (χ1v) is 10.2. The Morgan fingerprint density at radius 1 is 1.10 bits per heavy atom. The van der Waals surface area contributed by atoms with Crippen molar-refractivity contribution < 1.29 is 9.90 Å². The Morgan fingerprint density at radius 3 is 2.52 bits per heavy atom. The number of nitrogens with zero attached hydrogens (tertiary/aromatic N) is 5. The molecule has 0 saturated heterocycles. The maximum Gasteiger partial charge on any atom is 0.254 e. The van der Waals surface area contributed by atoms with Crippen LogP contribution in [-0.2, 0) is 13.1 Å². The van der Waals surface area contributed by atoms with Gasteiger partial charge in [-0.1, -0.05) is 0 Å². The summed E-state index contributed by atoms with van der Waals surface area (Å²) < 4.78 is 3.81. The van der Waals surface area contributed by atoms with Crippen molar-refractivity contribution in [1.29, 1.82) is 0 Å². The third-order valence-corrected chi connectivity index (χ3v) is 5.84. The first kappa shape index (κ1) is 18.1. The molecule has 0 bridgehead atoms. The molecular formula is C22H25N5O2. The van der Waals surface area contributed by atoms with E-state index in [1.54, 1.807) is 0 Å². The smallest absolute Gasteiger partial charge is 0.254 e. The van der Waals surface area contributed by atoms with Crippen molar-refractivity contribution in [2.75, 3.05) is 6.54 Å². The van der Waals surface area contributed by atoms with E-state index in [1.165, 1.54) is 0 Å². The van der Waals surface area contributed by atoms with Crippen LogP contribution in [0.5, 0.6) is 0 Å². The van der Waals surface area contributed by atoms with E-state index in [9.17, 15) is 9.90 Å². The number of carbonyl (C=O) groups excluding carboxylic acids is 1. The number of hydrogen-bond donors (Lipinski definition) is 1. The largest absolute Gasteiger partial charge is 0.386 e. The summed E-state index contributed by atoms with van der Waals surface area (Å²) in [7, 11) is 0. The van der Waals surface area contributed by atoms with Crippen molar-refractivity contribution in [1.82, 2.24) is 24.5 Å². The number of hydrogen-bond acceptors (Lipinski definition) is 4. The summed E-state index contributed by atoms with van der Waals surface area (Å²) in [5.74, 6) is 0.368. The fraction of sp³-hybridized carbons (Fsp3) is 0.409. The Hall–Kier alpha value is -2.93. The average molecular weight is 391 g/mol. The Balaban J connectivity index is 1.31. The van der Waals surface area contributed by atoms with Gasteiger partial charge >= 0.3 is 0 Å². The van der Waals surface area contributed by atoms with E-state index in [2.05, 4.69) is 10.2 Å². The molecule has 2 aliphatic rings.